The topological polar surface area (TPSA) is 130 Å². The van der Waals surface area contributed by atoms with Gasteiger partial charge in [0.05, 0.1) is 6.04 Å². The highest BCUT2D eigenvalue weighted by Crippen LogP contribution is 2.05. The fourth-order valence-electron chi connectivity index (χ4n) is 1.38. The van der Waals surface area contributed by atoms with Crippen molar-refractivity contribution >= 4 is 30.3 Å². The largest absolute Gasteiger partial charge is 0.481 e. The van der Waals surface area contributed by atoms with E-state index in [2.05, 4.69) is 5.32 Å². The van der Waals surface area contributed by atoms with Gasteiger partial charge in [-0.15, -0.1) is 12.4 Å². The number of nitrogens with one attached hydrogen (secondary N) is 1. The number of amides is 1. The summed E-state index contributed by atoms with van der Waals surface area (Å²) in [5, 5.41) is 19.7. The summed E-state index contributed by atoms with van der Waals surface area (Å²) in [5.41, 5.74) is 5.48. The van der Waals surface area contributed by atoms with Crippen molar-refractivity contribution in [1.82, 2.24) is 5.32 Å². The van der Waals surface area contributed by atoms with Crippen LogP contribution in [0.1, 0.15) is 33.1 Å². The van der Waals surface area contributed by atoms with Crippen molar-refractivity contribution in [2.24, 2.45) is 11.7 Å². The summed E-state index contributed by atoms with van der Waals surface area (Å²) in [5.74, 6) is -2.69. The Morgan fingerprint density at radius 3 is 2.11 bits per heavy atom. The fourth-order valence-corrected chi connectivity index (χ4v) is 1.38. The zero-order chi connectivity index (χ0) is 14.3. The third kappa shape index (κ3) is 9.26. The average molecular weight is 297 g/mol. The van der Waals surface area contributed by atoms with E-state index in [0.29, 0.717) is 6.42 Å². The molecule has 19 heavy (non-hydrogen) atoms. The van der Waals surface area contributed by atoms with E-state index in [1.54, 1.807) is 0 Å². The first-order valence-electron chi connectivity index (χ1n) is 5.74. The monoisotopic (exact) mass is 296 g/mol. The molecule has 0 saturated heterocycles. The van der Waals surface area contributed by atoms with Gasteiger partial charge in [0.2, 0.25) is 5.91 Å². The second-order valence-electron chi connectivity index (χ2n) is 4.57. The van der Waals surface area contributed by atoms with Gasteiger partial charge < -0.3 is 21.3 Å². The molecule has 0 aromatic heterocycles. The molecule has 0 heterocycles. The molecule has 7 nitrogen and oxygen atoms in total. The molecule has 0 bridgehead atoms. The van der Waals surface area contributed by atoms with Gasteiger partial charge in [-0.05, 0) is 18.8 Å². The molecule has 0 aromatic carbocycles. The second-order valence-corrected chi connectivity index (χ2v) is 4.57. The molecule has 2 atom stereocenters. The van der Waals surface area contributed by atoms with E-state index in [-0.39, 0.29) is 31.2 Å². The number of carboxylic acid groups (broad SMARTS) is 2. The number of carbonyl (C=O) groups is 3. The number of hydrogen-bond donors (Lipinski definition) is 4. The molecule has 0 spiro atoms. The van der Waals surface area contributed by atoms with Gasteiger partial charge >= 0.3 is 11.9 Å². The predicted molar refractivity (Wildman–Crippen MR) is 71.1 cm³/mol. The van der Waals surface area contributed by atoms with Gasteiger partial charge in [-0.25, -0.2) is 4.79 Å². The fraction of sp³-hybridized carbons (Fsp3) is 0.727. The van der Waals surface area contributed by atoms with Crippen LogP contribution in [0.3, 0.4) is 0 Å². The van der Waals surface area contributed by atoms with Crippen LogP contribution in [0.2, 0.25) is 0 Å². The SMILES string of the molecule is CC(C)C[C@H](NC(=O)[C@@H](N)CCC(=O)O)C(=O)O.Cl. The highest BCUT2D eigenvalue weighted by molar-refractivity contribution is 5.87. The number of aliphatic carboxylic acids is 2. The van der Waals surface area contributed by atoms with Gasteiger partial charge in [0.25, 0.3) is 0 Å². The van der Waals surface area contributed by atoms with Crippen LogP contribution >= 0.6 is 12.4 Å². The molecule has 0 aliphatic heterocycles. The molecule has 1 amide bonds. The maximum Gasteiger partial charge on any atom is 0.326 e. The van der Waals surface area contributed by atoms with Crippen LogP contribution in [0.4, 0.5) is 0 Å². The van der Waals surface area contributed by atoms with E-state index in [9.17, 15) is 14.4 Å². The first kappa shape index (κ1) is 20.0. The lowest BCUT2D eigenvalue weighted by Crippen LogP contribution is -2.49. The zero-order valence-electron chi connectivity index (χ0n) is 11.0. The van der Waals surface area contributed by atoms with Gasteiger partial charge in [-0.1, -0.05) is 13.8 Å². The second kappa shape index (κ2) is 9.57. The summed E-state index contributed by atoms with van der Waals surface area (Å²) in [6.45, 7) is 3.68. The minimum Gasteiger partial charge on any atom is -0.481 e. The average Bonchev–Trinajstić information content (AvgIpc) is 2.23. The Morgan fingerprint density at radius 2 is 1.74 bits per heavy atom. The number of rotatable bonds is 8. The molecule has 8 heteroatoms. The van der Waals surface area contributed by atoms with E-state index < -0.39 is 29.9 Å². The number of nitrogens with two attached hydrogens (primary N) is 1. The zero-order valence-corrected chi connectivity index (χ0v) is 11.8. The van der Waals surface area contributed by atoms with Crippen LogP contribution in [0.25, 0.3) is 0 Å². The van der Waals surface area contributed by atoms with Gasteiger partial charge in [-0.2, -0.15) is 0 Å². The van der Waals surface area contributed by atoms with E-state index in [1.165, 1.54) is 0 Å². The summed E-state index contributed by atoms with van der Waals surface area (Å²) < 4.78 is 0. The van der Waals surface area contributed by atoms with Crippen molar-refractivity contribution in [3.05, 3.63) is 0 Å². The van der Waals surface area contributed by atoms with Crippen molar-refractivity contribution in [2.75, 3.05) is 0 Å². The van der Waals surface area contributed by atoms with Gasteiger partial charge in [-0.3, -0.25) is 9.59 Å². The first-order chi connectivity index (χ1) is 8.23. The molecule has 0 aliphatic carbocycles. The molecular weight excluding hydrogens is 276 g/mol. The Hall–Kier alpha value is -1.34. The minimum atomic E-state index is -1.12. The van der Waals surface area contributed by atoms with Crippen LogP contribution < -0.4 is 11.1 Å². The standard InChI is InChI=1S/C11H20N2O5.ClH/c1-6(2)5-8(11(17)18)13-10(16)7(12)3-4-9(14)15;/h6-8H,3-5,12H2,1-2H3,(H,13,16)(H,14,15)(H,17,18);1H/t7-,8-;/m0./s1. The summed E-state index contributed by atoms with van der Waals surface area (Å²) in [7, 11) is 0. The quantitative estimate of drug-likeness (QED) is 0.507. The van der Waals surface area contributed by atoms with Crippen molar-refractivity contribution in [2.45, 2.75) is 45.2 Å². The molecule has 0 rings (SSSR count). The van der Waals surface area contributed by atoms with Crippen molar-refractivity contribution < 1.29 is 24.6 Å². The number of halogens is 1. The molecule has 0 unspecified atom stereocenters. The van der Waals surface area contributed by atoms with E-state index in [1.807, 2.05) is 13.8 Å². The molecule has 0 aromatic rings. The van der Waals surface area contributed by atoms with E-state index in [4.69, 9.17) is 15.9 Å². The molecular formula is C11H21ClN2O5. The van der Waals surface area contributed by atoms with Crippen LogP contribution in [0.15, 0.2) is 0 Å². The third-order valence-electron chi connectivity index (χ3n) is 2.33. The summed E-state index contributed by atoms with van der Waals surface area (Å²) >= 11 is 0. The van der Waals surface area contributed by atoms with Gasteiger partial charge in [0.1, 0.15) is 6.04 Å². The van der Waals surface area contributed by atoms with Crippen LogP contribution in [0, 0.1) is 5.92 Å². The molecule has 0 aliphatic rings. The van der Waals surface area contributed by atoms with Crippen LogP contribution in [0.5, 0.6) is 0 Å². The summed E-state index contributed by atoms with van der Waals surface area (Å²) in [6.07, 6.45) is 0.0540. The van der Waals surface area contributed by atoms with E-state index >= 15 is 0 Å². The van der Waals surface area contributed by atoms with Gasteiger partial charge in [0.15, 0.2) is 0 Å². The maximum absolute atomic E-state index is 11.6. The Bertz CT molecular complexity index is 322. The summed E-state index contributed by atoms with van der Waals surface area (Å²) in [4.78, 5) is 32.8. The Kier molecular flexibility index (Phi) is 10.1. The lowest BCUT2D eigenvalue weighted by Gasteiger charge is -2.18. The minimum absolute atomic E-state index is 0. The highest BCUT2D eigenvalue weighted by Gasteiger charge is 2.24. The van der Waals surface area contributed by atoms with Crippen molar-refractivity contribution in [3.8, 4) is 0 Å². The highest BCUT2D eigenvalue weighted by atomic mass is 35.5. The molecule has 0 radical (unpaired) electrons. The smallest absolute Gasteiger partial charge is 0.326 e. The molecule has 0 fully saturated rings. The lowest BCUT2D eigenvalue weighted by molar-refractivity contribution is -0.143. The number of carboxylic acids is 2. The summed E-state index contributed by atoms with van der Waals surface area (Å²) in [6, 6.07) is -2.00. The predicted octanol–water partition coefficient (Wildman–Crippen LogP) is 0.216. The lowest BCUT2D eigenvalue weighted by atomic mass is 10.0. The van der Waals surface area contributed by atoms with E-state index in [0.717, 1.165) is 0 Å². The molecule has 0 saturated carbocycles. The van der Waals surface area contributed by atoms with Crippen molar-refractivity contribution in [1.29, 1.82) is 0 Å². The van der Waals surface area contributed by atoms with Gasteiger partial charge in [0, 0.05) is 6.42 Å². The Morgan fingerprint density at radius 1 is 1.21 bits per heavy atom. The third-order valence-corrected chi connectivity index (χ3v) is 2.33. The first-order valence-corrected chi connectivity index (χ1v) is 5.74. The number of carbonyl (C=O) groups excluding carboxylic acids is 1. The number of hydrogen-bond acceptors (Lipinski definition) is 4. The Balaban J connectivity index is 0. The maximum atomic E-state index is 11.6. The molecule has 112 valence electrons. The normalized spacial score (nSPS) is 13.3. The van der Waals surface area contributed by atoms with Crippen LogP contribution in [-0.2, 0) is 14.4 Å². The molecule has 5 N–H and O–H groups in total. The van der Waals surface area contributed by atoms with Crippen LogP contribution in [-0.4, -0.2) is 40.1 Å². The Labute approximate surface area is 118 Å². The van der Waals surface area contributed by atoms with Crippen molar-refractivity contribution in [3.63, 3.8) is 0 Å².